The third-order valence-electron chi connectivity index (χ3n) is 2.58. The molecule has 16 heavy (non-hydrogen) atoms. The Hall–Kier alpha value is -0.380. The second-order valence-electron chi connectivity index (χ2n) is 3.88. The van der Waals surface area contributed by atoms with Gasteiger partial charge in [-0.3, -0.25) is 0 Å². The predicted octanol–water partition coefficient (Wildman–Crippen LogP) is 3.27. The Morgan fingerprint density at radius 2 is 2.12 bits per heavy atom. The van der Waals surface area contributed by atoms with Gasteiger partial charge < -0.3 is 9.64 Å². The average Bonchev–Trinajstić information content (AvgIpc) is 2.25. The van der Waals surface area contributed by atoms with Crippen LogP contribution in [-0.2, 0) is 0 Å². The monoisotopic (exact) mass is 259 g/mol. The van der Waals surface area contributed by atoms with Gasteiger partial charge in [0.15, 0.2) is 0 Å². The summed E-state index contributed by atoms with van der Waals surface area (Å²) in [7, 11) is 5.78. The number of nitrogens with zero attached hydrogens (tertiary/aromatic N) is 1. The molecule has 0 radical (unpaired) electrons. The lowest BCUT2D eigenvalue weighted by Crippen LogP contribution is -2.21. The molecule has 0 spiro atoms. The molecule has 0 fully saturated rings. The molecule has 0 aliphatic heterocycles. The van der Waals surface area contributed by atoms with Crippen LogP contribution in [0.15, 0.2) is 18.2 Å². The summed E-state index contributed by atoms with van der Waals surface area (Å²) in [4.78, 5) is 2.16. The maximum Gasteiger partial charge on any atom is 0.123 e. The van der Waals surface area contributed by atoms with E-state index in [9.17, 15) is 0 Å². The average molecular weight is 260 g/mol. The van der Waals surface area contributed by atoms with E-state index >= 15 is 0 Å². The van der Waals surface area contributed by atoms with Crippen molar-refractivity contribution in [1.29, 1.82) is 0 Å². The minimum Gasteiger partial charge on any atom is -0.496 e. The Kier molecular flexibility index (Phi) is 5.46. The van der Waals surface area contributed by atoms with Crippen molar-refractivity contribution < 1.29 is 4.74 Å². The first-order valence-electron chi connectivity index (χ1n) is 5.21. The van der Waals surface area contributed by atoms with E-state index in [0.717, 1.165) is 28.5 Å². The van der Waals surface area contributed by atoms with Gasteiger partial charge in [-0.1, -0.05) is 11.6 Å². The largest absolute Gasteiger partial charge is 0.496 e. The van der Waals surface area contributed by atoms with E-state index in [-0.39, 0.29) is 6.04 Å². The van der Waals surface area contributed by atoms with Gasteiger partial charge in [-0.15, -0.1) is 0 Å². The van der Waals surface area contributed by atoms with Crippen molar-refractivity contribution >= 4 is 24.2 Å². The number of ether oxygens (including phenoxy) is 1. The minimum atomic E-state index is 0.283. The predicted molar refractivity (Wildman–Crippen MR) is 72.9 cm³/mol. The first-order valence-corrected chi connectivity index (χ1v) is 6.22. The lowest BCUT2D eigenvalue weighted by Gasteiger charge is -2.26. The van der Waals surface area contributed by atoms with E-state index < -0.39 is 0 Å². The summed E-state index contributed by atoms with van der Waals surface area (Å²) in [6.07, 6.45) is 0.965. The maximum absolute atomic E-state index is 6.03. The van der Waals surface area contributed by atoms with Crippen LogP contribution >= 0.6 is 24.2 Å². The fourth-order valence-electron chi connectivity index (χ4n) is 1.78. The first kappa shape index (κ1) is 13.7. The summed E-state index contributed by atoms with van der Waals surface area (Å²) in [5.41, 5.74) is 1.12. The fraction of sp³-hybridized carbons (Fsp3) is 0.500. The summed E-state index contributed by atoms with van der Waals surface area (Å²) >= 11 is 10.3. The van der Waals surface area contributed by atoms with Crippen molar-refractivity contribution in [3.8, 4) is 5.75 Å². The van der Waals surface area contributed by atoms with Gasteiger partial charge >= 0.3 is 0 Å². The molecule has 4 heteroatoms. The molecule has 1 atom stereocenters. The van der Waals surface area contributed by atoms with Gasteiger partial charge in [-0.05, 0) is 44.5 Å². The molecule has 0 saturated carbocycles. The molecule has 0 aromatic heterocycles. The van der Waals surface area contributed by atoms with Crippen molar-refractivity contribution in [1.82, 2.24) is 4.90 Å². The highest BCUT2D eigenvalue weighted by Gasteiger charge is 2.17. The number of hydrogen-bond donors (Lipinski definition) is 1. The highest BCUT2D eigenvalue weighted by molar-refractivity contribution is 7.80. The third kappa shape index (κ3) is 3.30. The first-order chi connectivity index (χ1) is 7.60. The molecule has 90 valence electrons. The Labute approximate surface area is 108 Å². The van der Waals surface area contributed by atoms with Crippen LogP contribution < -0.4 is 4.74 Å². The second-order valence-corrected chi connectivity index (χ2v) is 4.76. The van der Waals surface area contributed by atoms with Gasteiger partial charge in [0.25, 0.3) is 0 Å². The van der Waals surface area contributed by atoms with Crippen LogP contribution in [0, 0.1) is 0 Å². The van der Waals surface area contributed by atoms with E-state index in [0.29, 0.717) is 0 Å². The van der Waals surface area contributed by atoms with Crippen LogP contribution in [0.4, 0.5) is 0 Å². The Balaban J connectivity index is 3.10. The van der Waals surface area contributed by atoms with Gasteiger partial charge in [0, 0.05) is 16.6 Å². The summed E-state index contributed by atoms with van der Waals surface area (Å²) < 4.78 is 5.37. The number of hydrogen-bond acceptors (Lipinski definition) is 3. The van der Waals surface area contributed by atoms with Crippen LogP contribution in [0.25, 0.3) is 0 Å². The highest BCUT2D eigenvalue weighted by atomic mass is 35.5. The molecule has 1 unspecified atom stereocenters. The van der Waals surface area contributed by atoms with Gasteiger partial charge in [0.2, 0.25) is 0 Å². The van der Waals surface area contributed by atoms with Crippen LogP contribution in [0.3, 0.4) is 0 Å². The summed E-state index contributed by atoms with van der Waals surface area (Å²) in [6.45, 7) is 0. The molecule has 1 aromatic carbocycles. The number of rotatable bonds is 5. The van der Waals surface area contributed by atoms with E-state index in [1.165, 1.54) is 0 Å². The SMILES string of the molecule is COc1ccc(Cl)cc1C(CCS)N(C)C. The molecule has 0 amide bonds. The van der Waals surface area contributed by atoms with Crippen molar-refractivity contribution in [3.05, 3.63) is 28.8 Å². The maximum atomic E-state index is 6.03. The lowest BCUT2D eigenvalue weighted by atomic mass is 10.0. The van der Waals surface area contributed by atoms with Crippen molar-refractivity contribution in [2.45, 2.75) is 12.5 Å². The van der Waals surface area contributed by atoms with E-state index in [4.69, 9.17) is 16.3 Å². The number of benzene rings is 1. The standard InChI is InChI=1S/C12H18ClNOS/c1-14(2)11(6-7-16)10-8-9(13)4-5-12(10)15-3/h4-5,8,11,16H,6-7H2,1-3H3. The summed E-state index contributed by atoms with van der Waals surface area (Å²) in [5.74, 6) is 1.71. The van der Waals surface area contributed by atoms with Crippen LogP contribution in [0.5, 0.6) is 5.75 Å². The lowest BCUT2D eigenvalue weighted by molar-refractivity contribution is 0.283. The Bertz CT molecular complexity index is 344. The fourth-order valence-corrected chi connectivity index (χ4v) is 2.20. The molecule has 2 nitrogen and oxygen atoms in total. The second kappa shape index (κ2) is 6.38. The molecule has 0 aliphatic carbocycles. The normalized spacial score (nSPS) is 12.9. The van der Waals surface area contributed by atoms with Crippen molar-refractivity contribution in [2.75, 3.05) is 27.0 Å². The molecule has 0 saturated heterocycles. The zero-order valence-corrected chi connectivity index (χ0v) is 11.6. The molecule has 0 aliphatic rings. The summed E-state index contributed by atoms with van der Waals surface area (Å²) in [6, 6.07) is 6.00. The van der Waals surface area contributed by atoms with Crippen LogP contribution in [0.2, 0.25) is 5.02 Å². The number of halogens is 1. The van der Waals surface area contributed by atoms with E-state index in [1.807, 2.05) is 18.2 Å². The van der Waals surface area contributed by atoms with E-state index in [2.05, 4.69) is 31.6 Å². The number of methoxy groups -OCH3 is 1. The molecule has 0 N–H and O–H groups in total. The zero-order valence-electron chi connectivity index (χ0n) is 9.90. The Morgan fingerprint density at radius 3 is 2.62 bits per heavy atom. The van der Waals surface area contributed by atoms with Crippen LogP contribution in [-0.4, -0.2) is 31.9 Å². The quantitative estimate of drug-likeness (QED) is 0.815. The van der Waals surface area contributed by atoms with Crippen molar-refractivity contribution in [2.24, 2.45) is 0 Å². The van der Waals surface area contributed by atoms with Gasteiger partial charge in [0.1, 0.15) is 5.75 Å². The smallest absolute Gasteiger partial charge is 0.123 e. The van der Waals surface area contributed by atoms with Gasteiger partial charge in [-0.2, -0.15) is 12.6 Å². The summed E-state index contributed by atoms with van der Waals surface area (Å²) in [5, 5.41) is 0.738. The molecule has 1 rings (SSSR count). The highest BCUT2D eigenvalue weighted by Crippen LogP contribution is 2.32. The molecule has 0 bridgehead atoms. The van der Waals surface area contributed by atoms with Gasteiger partial charge in [-0.25, -0.2) is 0 Å². The third-order valence-corrected chi connectivity index (χ3v) is 3.07. The van der Waals surface area contributed by atoms with Crippen molar-refractivity contribution in [3.63, 3.8) is 0 Å². The zero-order chi connectivity index (χ0) is 12.1. The van der Waals surface area contributed by atoms with E-state index in [1.54, 1.807) is 7.11 Å². The molecule has 0 heterocycles. The number of thiol groups is 1. The van der Waals surface area contributed by atoms with Gasteiger partial charge in [0.05, 0.1) is 7.11 Å². The molecular weight excluding hydrogens is 242 g/mol. The Morgan fingerprint density at radius 1 is 1.44 bits per heavy atom. The molecular formula is C12H18ClNOS. The molecule has 1 aromatic rings. The minimum absolute atomic E-state index is 0.283. The van der Waals surface area contributed by atoms with Crippen LogP contribution in [0.1, 0.15) is 18.0 Å². The topological polar surface area (TPSA) is 12.5 Å².